The predicted octanol–water partition coefficient (Wildman–Crippen LogP) is 5.66. The molecule has 0 unspecified atom stereocenters. The van der Waals surface area contributed by atoms with Gasteiger partial charge in [-0.2, -0.15) is 5.10 Å². The van der Waals surface area contributed by atoms with Gasteiger partial charge in [0, 0.05) is 28.0 Å². The lowest BCUT2D eigenvalue weighted by Crippen LogP contribution is -2.01. The average molecular weight is 448 g/mol. The molecule has 2 aromatic carbocycles. The van der Waals surface area contributed by atoms with E-state index in [0.29, 0.717) is 10.0 Å². The molecule has 1 aromatic heterocycles. The molecule has 0 aliphatic carbocycles. The minimum atomic E-state index is -0.710. The standard InChI is InChI=1S/C19H15Cl2N5O4/c1-11-7-13(12(2)24(11)18-8-14(20)3-5-16(18)21)10-22-23-17-6-4-15(25(27)28)9-19(17)26(29)30/h3-10,23H,1-2H3/b22-10-. The molecule has 0 atom stereocenters. The molecule has 30 heavy (non-hydrogen) atoms. The van der Waals surface area contributed by atoms with Crippen molar-refractivity contribution in [2.75, 3.05) is 5.43 Å². The van der Waals surface area contributed by atoms with Gasteiger partial charge in [-0.1, -0.05) is 23.2 Å². The van der Waals surface area contributed by atoms with Gasteiger partial charge < -0.3 is 4.57 Å². The molecule has 0 spiro atoms. The second kappa shape index (κ2) is 8.52. The second-order valence-corrected chi connectivity index (χ2v) is 7.19. The maximum Gasteiger partial charge on any atom is 0.301 e. The third kappa shape index (κ3) is 4.27. The molecule has 0 amide bonds. The molecule has 0 radical (unpaired) electrons. The minimum absolute atomic E-state index is 0.0357. The molecule has 0 aliphatic rings. The van der Waals surface area contributed by atoms with E-state index in [1.807, 2.05) is 24.5 Å². The first kappa shape index (κ1) is 21.3. The molecular formula is C19H15Cl2N5O4. The van der Waals surface area contributed by atoms with Gasteiger partial charge in [0.25, 0.3) is 5.69 Å². The van der Waals surface area contributed by atoms with Crippen LogP contribution < -0.4 is 5.43 Å². The van der Waals surface area contributed by atoms with Gasteiger partial charge in [-0.3, -0.25) is 25.7 Å². The number of aryl methyl sites for hydroxylation is 1. The van der Waals surface area contributed by atoms with E-state index in [1.54, 1.807) is 18.2 Å². The van der Waals surface area contributed by atoms with Gasteiger partial charge in [0.2, 0.25) is 0 Å². The number of non-ortho nitro benzene ring substituents is 1. The normalized spacial score (nSPS) is 11.1. The summed E-state index contributed by atoms with van der Waals surface area (Å²) < 4.78 is 1.92. The highest BCUT2D eigenvalue weighted by molar-refractivity contribution is 6.34. The number of aromatic nitrogens is 1. The summed E-state index contributed by atoms with van der Waals surface area (Å²) in [5, 5.41) is 27.2. The molecule has 0 fully saturated rings. The summed E-state index contributed by atoms with van der Waals surface area (Å²) >= 11 is 12.4. The van der Waals surface area contributed by atoms with Gasteiger partial charge in [-0.05, 0) is 44.2 Å². The van der Waals surface area contributed by atoms with Gasteiger partial charge in [-0.25, -0.2) is 0 Å². The smallest absolute Gasteiger partial charge is 0.301 e. The number of halogens is 2. The second-order valence-electron chi connectivity index (χ2n) is 6.34. The van der Waals surface area contributed by atoms with Crippen LogP contribution in [0.2, 0.25) is 10.0 Å². The van der Waals surface area contributed by atoms with Gasteiger partial charge >= 0.3 is 5.69 Å². The van der Waals surface area contributed by atoms with Gasteiger partial charge in [0.1, 0.15) is 5.69 Å². The Morgan fingerprint density at radius 3 is 2.43 bits per heavy atom. The monoisotopic (exact) mass is 447 g/mol. The van der Waals surface area contributed by atoms with E-state index in [9.17, 15) is 20.2 Å². The third-order valence-corrected chi connectivity index (χ3v) is 4.95. The molecule has 3 aromatic rings. The Labute approximate surface area is 180 Å². The van der Waals surface area contributed by atoms with Crippen LogP contribution in [0.15, 0.2) is 47.6 Å². The summed E-state index contributed by atoms with van der Waals surface area (Å²) in [6.07, 6.45) is 1.50. The average Bonchev–Trinajstić information content (AvgIpc) is 2.97. The highest BCUT2D eigenvalue weighted by Crippen LogP contribution is 2.30. The Morgan fingerprint density at radius 1 is 1.03 bits per heavy atom. The van der Waals surface area contributed by atoms with Crippen LogP contribution in [0.3, 0.4) is 0 Å². The van der Waals surface area contributed by atoms with E-state index in [1.165, 1.54) is 12.3 Å². The lowest BCUT2D eigenvalue weighted by Gasteiger charge is -2.12. The van der Waals surface area contributed by atoms with Crippen molar-refractivity contribution in [1.82, 2.24) is 4.57 Å². The van der Waals surface area contributed by atoms with Crippen LogP contribution in [0.1, 0.15) is 17.0 Å². The van der Waals surface area contributed by atoms with Crippen LogP contribution in [0.4, 0.5) is 17.1 Å². The van der Waals surface area contributed by atoms with Crippen molar-refractivity contribution in [3.05, 3.63) is 89.7 Å². The number of anilines is 1. The molecule has 0 saturated heterocycles. The Kier molecular flexibility index (Phi) is 6.04. The fraction of sp³-hybridized carbons (Fsp3) is 0.105. The van der Waals surface area contributed by atoms with E-state index in [4.69, 9.17) is 23.2 Å². The molecular weight excluding hydrogens is 433 g/mol. The van der Waals surface area contributed by atoms with Crippen molar-refractivity contribution in [2.24, 2.45) is 5.10 Å². The topological polar surface area (TPSA) is 116 Å². The van der Waals surface area contributed by atoms with Crippen molar-refractivity contribution in [1.29, 1.82) is 0 Å². The molecule has 3 rings (SSSR count). The van der Waals surface area contributed by atoms with Crippen molar-refractivity contribution in [3.63, 3.8) is 0 Å². The number of rotatable bonds is 6. The molecule has 154 valence electrons. The number of hydrazone groups is 1. The van der Waals surface area contributed by atoms with E-state index in [0.717, 1.165) is 34.8 Å². The number of hydrogen-bond acceptors (Lipinski definition) is 6. The van der Waals surface area contributed by atoms with Crippen molar-refractivity contribution in [3.8, 4) is 5.69 Å². The summed E-state index contributed by atoms with van der Waals surface area (Å²) in [4.78, 5) is 20.6. The SMILES string of the molecule is Cc1cc(/C=N\Nc2ccc([N+](=O)[O-])cc2[N+](=O)[O-])c(C)n1-c1cc(Cl)ccc1Cl. The Morgan fingerprint density at radius 2 is 1.77 bits per heavy atom. The maximum atomic E-state index is 11.2. The van der Waals surface area contributed by atoms with Crippen LogP contribution in [0.25, 0.3) is 5.69 Å². The first-order chi connectivity index (χ1) is 14.2. The van der Waals surface area contributed by atoms with Crippen LogP contribution in [0, 0.1) is 34.1 Å². The zero-order valence-electron chi connectivity index (χ0n) is 15.8. The molecule has 0 bridgehead atoms. The van der Waals surface area contributed by atoms with Crippen LogP contribution in [-0.2, 0) is 0 Å². The number of nitrogens with one attached hydrogen (secondary N) is 1. The van der Waals surface area contributed by atoms with Crippen LogP contribution in [-0.4, -0.2) is 20.6 Å². The Hall–Kier alpha value is -3.43. The van der Waals surface area contributed by atoms with E-state index < -0.39 is 15.5 Å². The van der Waals surface area contributed by atoms with Gasteiger partial charge in [0.15, 0.2) is 0 Å². The highest BCUT2D eigenvalue weighted by Gasteiger charge is 2.19. The van der Waals surface area contributed by atoms with Crippen molar-refractivity contribution < 1.29 is 9.85 Å². The molecule has 1 N–H and O–H groups in total. The summed E-state index contributed by atoms with van der Waals surface area (Å²) in [6.45, 7) is 3.77. The first-order valence-electron chi connectivity index (χ1n) is 8.55. The maximum absolute atomic E-state index is 11.2. The lowest BCUT2D eigenvalue weighted by molar-refractivity contribution is -0.393. The quantitative estimate of drug-likeness (QED) is 0.297. The van der Waals surface area contributed by atoms with Crippen LogP contribution in [0.5, 0.6) is 0 Å². The summed E-state index contributed by atoms with van der Waals surface area (Å²) in [6, 6.07) is 10.3. The molecule has 11 heteroatoms. The number of benzene rings is 2. The number of nitrogens with zero attached hydrogens (tertiary/aromatic N) is 4. The van der Waals surface area contributed by atoms with E-state index in [2.05, 4.69) is 10.5 Å². The largest absolute Gasteiger partial charge is 0.316 e. The summed E-state index contributed by atoms with van der Waals surface area (Å²) in [5.41, 5.74) is 4.98. The Bertz CT molecular complexity index is 1190. The summed E-state index contributed by atoms with van der Waals surface area (Å²) in [7, 11) is 0. The fourth-order valence-electron chi connectivity index (χ4n) is 3.00. The molecule has 0 aliphatic heterocycles. The zero-order chi connectivity index (χ0) is 22.0. The van der Waals surface area contributed by atoms with Crippen molar-refractivity contribution >= 4 is 46.5 Å². The van der Waals surface area contributed by atoms with E-state index >= 15 is 0 Å². The molecule has 0 saturated carbocycles. The number of nitro groups is 2. The summed E-state index contributed by atoms with van der Waals surface area (Å²) in [5.74, 6) is 0. The van der Waals surface area contributed by atoms with Crippen LogP contribution >= 0.6 is 23.2 Å². The van der Waals surface area contributed by atoms with Crippen molar-refractivity contribution in [2.45, 2.75) is 13.8 Å². The zero-order valence-corrected chi connectivity index (χ0v) is 17.3. The number of hydrogen-bond donors (Lipinski definition) is 1. The van der Waals surface area contributed by atoms with Gasteiger partial charge in [-0.15, -0.1) is 0 Å². The third-order valence-electron chi connectivity index (χ3n) is 4.40. The first-order valence-corrected chi connectivity index (χ1v) is 9.31. The minimum Gasteiger partial charge on any atom is -0.316 e. The molecule has 1 heterocycles. The van der Waals surface area contributed by atoms with Gasteiger partial charge in [0.05, 0.1) is 32.8 Å². The number of nitro benzene ring substituents is 2. The molecule has 9 nitrogen and oxygen atoms in total. The Balaban J connectivity index is 1.91. The lowest BCUT2D eigenvalue weighted by atomic mass is 10.2. The highest BCUT2D eigenvalue weighted by atomic mass is 35.5. The van der Waals surface area contributed by atoms with E-state index in [-0.39, 0.29) is 11.4 Å². The predicted molar refractivity (Wildman–Crippen MR) is 116 cm³/mol. The fourth-order valence-corrected chi connectivity index (χ4v) is 3.37.